The lowest BCUT2D eigenvalue weighted by atomic mass is 10.1. The van der Waals surface area contributed by atoms with Gasteiger partial charge in [0.1, 0.15) is 5.82 Å². The fourth-order valence-corrected chi connectivity index (χ4v) is 1.49. The molecular weight excluding hydrogens is 176 g/mol. The summed E-state index contributed by atoms with van der Waals surface area (Å²) in [6.07, 6.45) is 8.77. The summed E-state index contributed by atoms with van der Waals surface area (Å²) in [6.45, 7) is 2.23. The first-order valence-electron chi connectivity index (χ1n) is 5.49. The van der Waals surface area contributed by atoms with Crippen molar-refractivity contribution in [3.63, 3.8) is 0 Å². The number of nitrogens with zero attached hydrogens (tertiary/aromatic N) is 2. The van der Waals surface area contributed by atoms with Crippen LogP contribution in [0, 0.1) is 0 Å². The summed E-state index contributed by atoms with van der Waals surface area (Å²) in [7, 11) is 0. The molecule has 1 heterocycles. The SMILES string of the molecule is CCCCCCCCc1nc(N)n[nH]1. The highest BCUT2D eigenvalue weighted by atomic mass is 15.3. The van der Waals surface area contributed by atoms with Crippen molar-refractivity contribution in [3.8, 4) is 0 Å². The highest BCUT2D eigenvalue weighted by molar-refractivity contribution is 5.12. The molecule has 1 aromatic heterocycles. The third-order valence-corrected chi connectivity index (χ3v) is 2.32. The van der Waals surface area contributed by atoms with Crippen LogP contribution in [-0.2, 0) is 6.42 Å². The number of unbranched alkanes of at least 4 members (excludes halogenated alkanes) is 5. The van der Waals surface area contributed by atoms with E-state index in [1.165, 1.54) is 38.5 Å². The average Bonchev–Trinajstić information content (AvgIpc) is 2.58. The Bertz CT molecular complexity index is 244. The van der Waals surface area contributed by atoms with Crippen molar-refractivity contribution < 1.29 is 0 Å². The van der Waals surface area contributed by atoms with Crippen LogP contribution in [0.4, 0.5) is 5.95 Å². The number of hydrogen-bond acceptors (Lipinski definition) is 3. The molecule has 1 rings (SSSR count). The summed E-state index contributed by atoms with van der Waals surface area (Å²) in [4.78, 5) is 4.06. The molecule has 0 aromatic carbocycles. The quantitative estimate of drug-likeness (QED) is 0.657. The number of nitrogens with one attached hydrogen (secondary N) is 1. The predicted octanol–water partition coefficient (Wildman–Crippen LogP) is 2.29. The number of anilines is 1. The van der Waals surface area contributed by atoms with Crippen LogP contribution in [-0.4, -0.2) is 15.2 Å². The van der Waals surface area contributed by atoms with E-state index in [0.717, 1.165) is 12.2 Å². The van der Waals surface area contributed by atoms with Crippen molar-refractivity contribution in [1.29, 1.82) is 0 Å². The minimum atomic E-state index is 0.353. The molecule has 0 radical (unpaired) electrons. The second-order valence-electron chi connectivity index (χ2n) is 3.66. The molecule has 0 amide bonds. The highest BCUT2D eigenvalue weighted by Crippen LogP contribution is 2.07. The molecule has 0 saturated carbocycles. The summed E-state index contributed by atoms with van der Waals surface area (Å²) in [5.74, 6) is 1.27. The Kier molecular flexibility index (Phi) is 5.04. The number of rotatable bonds is 7. The van der Waals surface area contributed by atoms with Gasteiger partial charge < -0.3 is 5.73 Å². The molecule has 0 atom stereocenters. The fourth-order valence-electron chi connectivity index (χ4n) is 1.49. The number of aromatic amines is 1. The molecule has 3 N–H and O–H groups in total. The molecule has 1 aromatic rings. The van der Waals surface area contributed by atoms with Gasteiger partial charge in [-0.3, -0.25) is 5.10 Å². The normalized spacial score (nSPS) is 10.6. The average molecular weight is 196 g/mol. The molecule has 0 spiro atoms. The van der Waals surface area contributed by atoms with Gasteiger partial charge in [0.2, 0.25) is 5.95 Å². The maximum Gasteiger partial charge on any atom is 0.239 e. The Morgan fingerprint density at radius 3 is 2.50 bits per heavy atom. The minimum absolute atomic E-state index is 0.353. The number of nitrogen functional groups attached to an aromatic ring is 1. The van der Waals surface area contributed by atoms with Crippen molar-refractivity contribution in [2.45, 2.75) is 51.9 Å². The first-order chi connectivity index (χ1) is 6.83. The van der Waals surface area contributed by atoms with Gasteiger partial charge in [-0.15, -0.1) is 5.10 Å². The van der Waals surface area contributed by atoms with Crippen LogP contribution >= 0.6 is 0 Å². The topological polar surface area (TPSA) is 67.6 Å². The first kappa shape index (κ1) is 11.0. The number of nitrogens with two attached hydrogens (primary N) is 1. The van der Waals surface area contributed by atoms with E-state index in [-0.39, 0.29) is 0 Å². The Balaban J connectivity index is 1.99. The maximum atomic E-state index is 5.40. The second kappa shape index (κ2) is 6.40. The Morgan fingerprint density at radius 1 is 1.14 bits per heavy atom. The molecular formula is C10H20N4. The van der Waals surface area contributed by atoms with Crippen molar-refractivity contribution >= 4 is 5.95 Å². The molecule has 4 nitrogen and oxygen atoms in total. The lowest BCUT2D eigenvalue weighted by molar-refractivity contribution is 0.601. The van der Waals surface area contributed by atoms with E-state index >= 15 is 0 Å². The highest BCUT2D eigenvalue weighted by Gasteiger charge is 1.98. The van der Waals surface area contributed by atoms with Gasteiger partial charge in [0.05, 0.1) is 0 Å². The first-order valence-corrected chi connectivity index (χ1v) is 5.49. The van der Waals surface area contributed by atoms with Crippen LogP contribution in [0.2, 0.25) is 0 Å². The van der Waals surface area contributed by atoms with Crippen LogP contribution in [0.1, 0.15) is 51.3 Å². The summed E-state index contributed by atoms with van der Waals surface area (Å²) >= 11 is 0. The zero-order valence-electron chi connectivity index (χ0n) is 8.92. The van der Waals surface area contributed by atoms with Gasteiger partial charge in [-0.25, -0.2) is 0 Å². The molecule has 0 aliphatic heterocycles. The van der Waals surface area contributed by atoms with Gasteiger partial charge in [0, 0.05) is 6.42 Å². The predicted molar refractivity (Wildman–Crippen MR) is 57.9 cm³/mol. The third-order valence-electron chi connectivity index (χ3n) is 2.32. The number of hydrogen-bond donors (Lipinski definition) is 2. The molecule has 80 valence electrons. The molecule has 0 unspecified atom stereocenters. The van der Waals surface area contributed by atoms with Gasteiger partial charge in [0.15, 0.2) is 0 Å². The van der Waals surface area contributed by atoms with E-state index in [9.17, 15) is 0 Å². The van der Waals surface area contributed by atoms with Crippen LogP contribution in [0.3, 0.4) is 0 Å². The van der Waals surface area contributed by atoms with Crippen LogP contribution < -0.4 is 5.73 Å². The Labute approximate surface area is 85.3 Å². The maximum absolute atomic E-state index is 5.40. The summed E-state index contributed by atoms with van der Waals surface area (Å²) in [5, 5.41) is 6.61. The van der Waals surface area contributed by atoms with E-state index in [1.54, 1.807) is 0 Å². The summed E-state index contributed by atoms with van der Waals surface area (Å²) in [5.41, 5.74) is 5.40. The van der Waals surface area contributed by atoms with Crippen molar-refractivity contribution in [2.75, 3.05) is 5.73 Å². The lowest BCUT2D eigenvalue weighted by Crippen LogP contribution is -1.90. The number of aromatic nitrogens is 3. The molecule has 14 heavy (non-hydrogen) atoms. The number of H-pyrrole nitrogens is 1. The standard InChI is InChI=1S/C10H20N4/c1-2-3-4-5-6-7-8-9-12-10(11)14-13-9/h2-8H2,1H3,(H3,11,12,13,14). The molecule has 0 fully saturated rings. The number of aryl methyl sites for hydroxylation is 1. The van der Waals surface area contributed by atoms with Gasteiger partial charge in [-0.05, 0) is 6.42 Å². The van der Waals surface area contributed by atoms with Crippen LogP contribution in [0.5, 0.6) is 0 Å². The molecule has 0 bridgehead atoms. The van der Waals surface area contributed by atoms with Crippen molar-refractivity contribution in [1.82, 2.24) is 15.2 Å². The lowest BCUT2D eigenvalue weighted by Gasteiger charge is -1.98. The monoisotopic (exact) mass is 196 g/mol. The fraction of sp³-hybridized carbons (Fsp3) is 0.800. The third kappa shape index (κ3) is 4.25. The molecule has 0 saturated heterocycles. The van der Waals surface area contributed by atoms with E-state index in [4.69, 9.17) is 5.73 Å². The smallest absolute Gasteiger partial charge is 0.239 e. The van der Waals surface area contributed by atoms with E-state index < -0.39 is 0 Å². The Morgan fingerprint density at radius 2 is 1.86 bits per heavy atom. The van der Waals surface area contributed by atoms with Crippen LogP contribution in [0.15, 0.2) is 0 Å². The largest absolute Gasteiger partial charge is 0.367 e. The van der Waals surface area contributed by atoms with Gasteiger partial charge in [0.25, 0.3) is 0 Å². The van der Waals surface area contributed by atoms with E-state index in [0.29, 0.717) is 5.95 Å². The zero-order chi connectivity index (χ0) is 10.2. The van der Waals surface area contributed by atoms with Crippen molar-refractivity contribution in [3.05, 3.63) is 5.82 Å². The van der Waals surface area contributed by atoms with Gasteiger partial charge >= 0.3 is 0 Å². The molecule has 0 aliphatic carbocycles. The van der Waals surface area contributed by atoms with Crippen molar-refractivity contribution in [2.24, 2.45) is 0 Å². The summed E-state index contributed by atoms with van der Waals surface area (Å²) < 4.78 is 0. The van der Waals surface area contributed by atoms with Gasteiger partial charge in [-0.1, -0.05) is 39.0 Å². The zero-order valence-corrected chi connectivity index (χ0v) is 8.92. The molecule has 4 heteroatoms. The van der Waals surface area contributed by atoms with E-state index in [2.05, 4.69) is 22.1 Å². The van der Waals surface area contributed by atoms with Gasteiger partial charge in [-0.2, -0.15) is 4.98 Å². The molecule has 0 aliphatic rings. The second-order valence-corrected chi connectivity index (χ2v) is 3.66. The van der Waals surface area contributed by atoms with E-state index in [1.807, 2.05) is 0 Å². The van der Waals surface area contributed by atoms with Crippen LogP contribution in [0.25, 0.3) is 0 Å². The summed E-state index contributed by atoms with van der Waals surface area (Å²) in [6, 6.07) is 0. The minimum Gasteiger partial charge on any atom is -0.367 e. The Hall–Kier alpha value is -1.06.